The number of nitrogens with zero attached hydrogens (tertiary/aromatic N) is 1. The topological polar surface area (TPSA) is 74.8 Å². The molecule has 0 spiro atoms. The minimum atomic E-state index is -3.48. The number of sulfonamides is 1. The Morgan fingerprint density at radius 3 is 3.07 bits per heavy atom. The average Bonchev–Trinajstić information content (AvgIpc) is 2.65. The van der Waals surface area contributed by atoms with Crippen LogP contribution < -0.4 is 4.72 Å². The molecular weight excluding hydrogens is 202 g/mol. The zero-order valence-electron chi connectivity index (χ0n) is 7.53. The number of hydrogen-bond donors (Lipinski definition) is 2. The van der Waals surface area contributed by atoms with Crippen LogP contribution in [0.1, 0.15) is 6.42 Å². The first-order valence-electron chi connectivity index (χ1n) is 4.00. The summed E-state index contributed by atoms with van der Waals surface area (Å²) in [6.07, 6.45) is 5.06. The van der Waals surface area contributed by atoms with Crippen molar-refractivity contribution in [3.05, 3.63) is 30.8 Å². The molecule has 1 aromatic heterocycles. The van der Waals surface area contributed by atoms with Gasteiger partial charge < -0.3 is 4.98 Å². The largest absolute Gasteiger partial charge is 0.334 e. The van der Waals surface area contributed by atoms with Gasteiger partial charge in [-0.3, -0.25) is 0 Å². The Labute approximate surface area is 82.6 Å². The van der Waals surface area contributed by atoms with E-state index in [-0.39, 0.29) is 5.16 Å². The van der Waals surface area contributed by atoms with Crippen molar-refractivity contribution in [1.29, 1.82) is 0 Å². The molecule has 0 aliphatic rings. The minimum Gasteiger partial charge on any atom is -0.334 e. The molecule has 6 heteroatoms. The molecule has 0 bridgehead atoms. The van der Waals surface area contributed by atoms with Gasteiger partial charge in [-0.15, -0.1) is 5.73 Å². The normalized spacial score (nSPS) is 10.9. The van der Waals surface area contributed by atoms with Crippen LogP contribution in [0.4, 0.5) is 0 Å². The van der Waals surface area contributed by atoms with Gasteiger partial charge in [-0.2, -0.15) is 0 Å². The van der Waals surface area contributed by atoms with E-state index in [0.29, 0.717) is 13.0 Å². The lowest BCUT2D eigenvalue weighted by Gasteiger charge is -2.00. The third-order valence-electron chi connectivity index (χ3n) is 1.45. The lowest BCUT2D eigenvalue weighted by atomic mass is 10.4. The molecule has 76 valence electrons. The number of rotatable bonds is 5. The van der Waals surface area contributed by atoms with Gasteiger partial charge in [0.05, 0.1) is 0 Å². The van der Waals surface area contributed by atoms with E-state index in [1.807, 2.05) is 0 Å². The van der Waals surface area contributed by atoms with Crippen LogP contribution in [0.2, 0.25) is 0 Å². The second-order valence-corrected chi connectivity index (χ2v) is 4.17. The Balaban J connectivity index is 2.56. The number of hydrogen-bond acceptors (Lipinski definition) is 3. The first-order valence-corrected chi connectivity index (χ1v) is 5.48. The fourth-order valence-corrected chi connectivity index (χ4v) is 1.78. The fraction of sp³-hybridized carbons (Fsp3) is 0.250. The van der Waals surface area contributed by atoms with Crippen molar-refractivity contribution >= 4 is 10.0 Å². The Kier molecular flexibility index (Phi) is 3.64. The molecule has 0 atom stereocenters. The molecule has 2 N–H and O–H groups in total. The highest BCUT2D eigenvalue weighted by Gasteiger charge is 2.14. The Morgan fingerprint density at radius 2 is 2.50 bits per heavy atom. The van der Waals surface area contributed by atoms with Crippen LogP contribution in [0.3, 0.4) is 0 Å². The third kappa shape index (κ3) is 2.85. The number of imidazole rings is 1. The van der Waals surface area contributed by atoms with E-state index in [4.69, 9.17) is 0 Å². The van der Waals surface area contributed by atoms with Crippen LogP contribution >= 0.6 is 0 Å². The smallest absolute Gasteiger partial charge is 0.274 e. The van der Waals surface area contributed by atoms with Gasteiger partial charge in [0.25, 0.3) is 10.0 Å². The minimum absolute atomic E-state index is 0.0694. The number of H-pyrrole nitrogens is 1. The van der Waals surface area contributed by atoms with Gasteiger partial charge >= 0.3 is 0 Å². The molecule has 0 fully saturated rings. The van der Waals surface area contributed by atoms with E-state index in [1.165, 1.54) is 12.4 Å². The predicted octanol–water partition coefficient (Wildman–Crippen LogP) is 0.419. The molecule has 0 saturated heterocycles. The van der Waals surface area contributed by atoms with E-state index in [1.54, 1.807) is 6.08 Å². The molecule has 0 saturated carbocycles. The zero-order valence-corrected chi connectivity index (χ0v) is 8.34. The highest BCUT2D eigenvalue weighted by Crippen LogP contribution is 1.98. The van der Waals surface area contributed by atoms with Crippen molar-refractivity contribution in [3.63, 3.8) is 0 Å². The van der Waals surface area contributed by atoms with Gasteiger partial charge in [-0.1, -0.05) is 6.58 Å². The summed E-state index contributed by atoms with van der Waals surface area (Å²) in [6, 6.07) is 0. The summed E-state index contributed by atoms with van der Waals surface area (Å²) in [5, 5.41) is -0.0694. The molecule has 5 nitrogen and oxygen atoms in total. The summed E-state index contributed by atoms with van der Waals surface area (Å²) in [5.74, 6) is 0. The Hall–Kier alpha value is -1.36. The summed E-state index contributed by atoms with van der Waals surface area (Å²) in [6.45, 7) is 3.68. The molecule has 0 unspecified atom stereocenters. The SMILES string of the molecule is C=C=CCCNS(=O)(=O)c1ncc[nH]1. The molecule has 14 heavy (non-hydrogen) atoms. The van der Waals surface area contributed by atoms with Gasteiger partial charge in [0.1, 0.15) is 0 Å². The van der Waals surface area contributed by atoms with Crippen LogP contribution in [0.25, 0.3) is 0 Å². The maximum Gasteiger partial charge on any atom is 0.274 e. The van der Waals surface area contributed by atoms with Crippen molar-refractivity contribution in [2.45, 2.75) is 11.6 Å². The van der Waals surface area contributed by atoms with Crippen molar-refractivity contribution in [1.82, 2.24) is 14.7 Å². The maximum absolute atomic E-state index is 11.4. The number of nitrogens with one attached hydrogen (secondary N) is 2. The molecule has 0 amide bonds. The fourth-order valence-electron chi connectivity index (χ4n) is 0.834. The highest BCUT2D eigenvalue weighted by molar-refractivity contribution is 7.89. The summed E-state index contributed by atoms with van der Waals surface area (Å²) in [5.41, 5.74) is 2.56. The summed E-state index contributed by atoms with van der Waals surface area (Å²) in [7, 11) is -3.48. The van der Waals surface area contributed by atoms with E-state index >= 15 is 0 Å². The Morgan fingerprint density at radius 1 is 1.71 bits per heavy atom. The molecule has 1 heterocycles. The third-order valence-corrected chi connectivity index (χ3v) is 2.77. The lowest BCUT2D eigenvalue weighted by molar-refractivity contribution is 0.574. The van der Waals surface area contributed by atoms with E-state index in [0.717, 1.165) is 0 Å². The van der Waals surface area contributed by atoms with Crippen molar-refractivity contribution < 1.29 is 8.42 Å². The zero-order chi connectivity index (χ0) is 10.4. The van der Waals surface area contributed by atoms with Crippen LogP contribution in [0.5, 0.6) is 0 Å². The van der Waals surface area contributed by atoms with Gasteiger partial charge in [0.15, 0.2) is 0 Å². The summed E-state index contributed by atoms with van der Waals surface area (Å²) < 4.78 is 25.2. The standard InChI is InChI=1S/C8H11N3O2S/c1-2-3-4-5-11-14(12,13)8-9-6-7-10-8/h3,6-7,11H,1,4-5H2,(H,9,10). The van der Waals surface area contributed by atoms with Gasteiger partial charge in [0.2, 0.25) is 5.16 Å². The average molecular weight is 213 g/mol. The molecule has 0 radical (unpaired) electrons. The first kappa shape index (κ1) is 10.7. The molecule has 1 rings (SSSR count). The maximum atomic E-state index is 11.4. The monoisotopic (exact) mass is 213 g/mol. The van der Waals surface area contributed by atoms with Crippen molar-refractivity contribution in [2.75, 3.05) is 6.54 Å². The van der Waals surface area contributed by atoms with Crippen LogP contribution in [-0.2, 0) is 10.0 Å². The first-order chi connectivity index (χ1) is 6.67. The number of aromatic amines is 1. The predicted molar refractivity (Wildman–Crippen MR) is 52.1 cm³/mol. The quantitative estimate of drug-likeness (QED) is 0.550. The van der Waals surface area contributed by atoms with E-state index in [9.17, 15) is 8.42 Å². The molecule has 0 aliphatic heterocycles. The molecule has 1 aromatic rings. The molecule has 0 aromatic carbocycles. The van der Waals surface area contributed by atoms with Crippen LogP contribution in [0.15, 0.2) is 35.9 Å². The summed E-state index contributed by atoms with van der Waals surface area (Å²) in [4.78, 5) is 6.16. The van der Waals surface area contributed by atoms with Gasteiger partial charge in [-0.25, -0.2) is 18.1 Å². The number of aromatic nitrogens is 2. The van der Waals surface area contributed by atoms with Gasteiger partial charge in [-0.05, 0) is 12.5 Å². The van der Waals surface area contributed by atoms with E-state index in [2.05, 4.69) is 27.0 Å². The molecule has 0 aliphatic carbocycles. The van der Waals surface area contributed by atoms with Crippen LogP contribution in [0, 0.1) is 0 Å². The van der Waals surface area contributed by atoms with E-state index < -0.39 is 10.0 Å². The second-order valence-electron chi connectivity index (χ2n) is 2.49. The summed E-state index contributed by atoms with van der Waals surface area (Å²) >= 11 is 0. The van der Waals surface area contributed by atoms with Crippen molar-refractivity contribution in [2.24, 2.45) is 0 Å². The van der Waals surface area contributed by atoms with Crippen LogP contribution in [-0.4, -0.2) is 24.9 Å². The van der Waals surface area contributed by atoms with Crippen molar-refractivity contribution in [3.8, 4) is 0 Å². The second kappa shape index (κ2) is 4.76. The van der Waals surface area contributed by atoms with Gasteiger partial charge in [0, 0.05) is 18.9 Å². The highest BCUT2D eigenvalue weighted by atomic mass is 32.2. The Bertz CT molecular complexity index is 415. The molecular formula is C8H11N3O2S. The lowest BCUT2D eigenvalue weighted by Crippen LogP contribution is -2.25.